The quantitative estimate of drug-likeness (QED) is 0.531. The molecule has 0 aliphatic carbocycles. The molecule has 0 fully saturated rings. The van der Waals surface area contributed by atoms with E-state index in [0.717, 1.165) is 18.2 Å². The molecule has 0 spiro atoms. The highest BCUT2D eigenvalue weighted by Crippen LogP contribution is 2.23. The predicted molar refractivity (Wildman–Crippen MR) is 114 cm³/mol. The first-order valence-electron chi connectivity index (χ1n) is 8.78. The topological polar surface area (TPSA) is 102 Å². The van der Waals surface area contributed by atoms with Crippen LogP contribution < -0.4 is 10.0 Å². The molecule has 3 aromatic carbocycles. The average Bonchev–Trinajstić information content (AvgIpc) is 2.75. The molecule has 0 aliphatic heterocycles. The van der Waals surface area contributed by atoms with Crippen molar-refractivity contribution in [1.82, 2.24) is 0 Å². The molecule has 0 saturated heterocycles. The van der Waals surface area contributed by atoms with E-state index < -0.39 is 27.7 Å². The number of rotatable bonds is 6. The molecule has 0 bridgehead atoms. The summed E-state index contributed by atoms with van der Waals surface area (Å²) in [5.74, 6) is -2.14. The number of esters is 1. The van der Waals surface area contributed by atoms with E-state index in [1.165, 1.54) is 43.5 Å². The Kier molecular flexibility index (Phi) is 6.57. The van der Waals surface area contributed by atoms with Gasteiger partial charge in [0.2, 0.25) is 0 Å². The maximum Gasteiger partial charge on any atom is 0.337 e. The molecule has 1 amide bonds. The van der Waals surface area contributed by atoms with E-state index in [9.17, 15) is 22.4 Å². The number of amides is 1. The third kappa shape index (κ3) is 5.19. The maximum atomic E-state index is 14.5. The monoisotopic (exact) mass is 462 g/mol. The largest absolute Gasteiger partial charge is 0.465 e. The number of nitrogens with one attached hydrogen (secondary N) is 2. The van der Waals surface area contributed by atoms with Crippen molar-refractivity contribution in [3.63, 3.8) is 0 Å². The summed E-state index contributed by atoms with van der Waals surface area (Å²) in [4.78, 5) is 23.4. The van der Waals surface area contributed by atoms with Crippen LogP contribution in [-0.4, -0.2) is 27.4 Å². The Bertz CT molecular complexity index is 1250. The average molecular weight is 463 g/mol. The number of hydrogen-bond donors (Lipinski definition) is 2. The van der Waals surface area contributed by atoms with Gasteiger partial charge in [-0.05, 0) is 54.6 Å². The van der Waals surface area contributed by atoms with Crippen molar-refractivity contribution in [3.8, 4) is 0 Å². The van der Waals surface area contributed by atoms with Gasteiger partial charge >= 0.3 is 5.97 Å². The molecule has 0 saturated carbocycles. The Morgan fingerprint density at radius 1 is 1.00 bits per heavy atom. The molecule has 3 aromatic rings. The molecule has 0 aliphatic rings. The minimum atomic E-state index is -4.12. The molecule has 0 atom stereocenters. The van der Waals surface area contributed by atoms with E-state index in [-0.39, 0.29) is 32.4 Å². The van der Waals surface area contributed by atoms with Crippen LogP contribution in [0.25, 0.3) is 0 Å². The number of halogens is 2. The van der Waals surface area contributed by atoms with Gasteiger partial charge in [-0.1, -0.05) is 23.7 Å². The number of anilines is 2. The molecular formula is C21H16ClFN2O5S. The lowest BCUT2D eigenvalue weighted by molar-refractivity contribution is 0.0600. The van der Waals surface area contributed by atoms with Gasteiger partial charge in [0.15, 0.2) is 0 Å². The van der Waals surface area contributed by atoms with Crippen molar-refractivity contribution in [1.29, 1.82) is 0 Å². The molecule has 7 nitrogen and oxygen atoms in total. The molecular weight excluding hydrogens is 447 g/mol. The first kappa shape index (κ1) is 22.3. The second-order valence-electron chi connectivity index (χ2n) is 6.25. The first-order valence-corrected chi connectivity index (χ1v) is 10.6. The van der Waals surface area contributed by atoms with Crippen LogP contribution in [0.5, 0.6) is 0 Å². The summed E-state index contributed by atoms with van der Waals surface area (Å²) >= 11 is 5.95. The summed E-state index contributed by atoms with van der Waals surface area (Å²) in [6, 6.07) is 14.8. The van der Waals surface area contributed by atoms with Gasteiger partial charge < -0.3 is 10.1 Å². The molecule has 2 N–H and O–H groups in total. The van der Waals surface area contributed by atoms with Crippen molar-refractivity contribution >= 4 is 44.9 Å². The predicted octanol–water partition coefficient (Wildman–Crippen LogP) is 4.32. The maximum absolute atomic E-state index is 14.5. The van der Waals surface area contributed by atoms with Crippen molar-refractivity contribution in [2.45, 2.75) is 4.90 Å². The molecule has 0 aromatic heterocycles. The van der Waals surface area contributed by atoms with Gasteiger partial charge in [-0.3, -0.25) is 9.52 Å². The summed E-state index contributed by atoms with van der Waals surface area (Å²) in [5, 5.41) is 2.56. The van der Waals surface area contributed by atoms with E-state index in [1.54, 1.807) is 12.1 Å². The minimum Gasteiger partial charge on any atom is -0.465 e. The fourth-order valence-corrected chi connectivity index (χ4v) is 3.90. The molecule has 10 heteroatoms. The van der Waals surface area contributed by atoms with Crippen LogP contribution in [0.2, 0.25) is 5.02 Å². The smallest absolute Gasteiger partial charge is 0.337 e. The van der Waals surface area contributed by atoms with Gasteiger partial charge in [-0.2, -0.15) is 0 Å². The van der Waals surface area contributed by atoms with Crippen LogP contribution >= 0.6 is 11.6 Å². The van der Waals surface area contributed by atoms with Crippen molar-refractivity contribution < 1.29 is 27.1 Å². The Labute approximate surface area is 182 Å². The van der Waals surface area contributed by atoms with Crippen LogP contribution in [-0.2, 0) is 14.8 Å². The van der Waals surface area contributed by atoms with Gasteiger partial charge in [-0.25, -0.2) is 17.6 Å². The van der Waals surface area contributed by atoms with Crippen LogP contribution in [0.15, 0.2) is 71.6 Å². The number of carbonyl (C=O) groups excluding carboxylic acids is 2. The summed E-state index contributed by atoms with van der Waals surface area (Å²) in [6.45, 7) is 0. The van der Waals surface area contributed by atoms with Crippen LogP contribution in [0.3, 0.4) is 0 Å². The number of sulfonamides is 1. The minimum absolute atomic E-state index is 0.150. The third-order valence-corrected chi connectivity index (χ3v) is 5.88. The molecule has 0 heterocycles. The molecule has 0 radical (unpaired) electrons. The zero-order valence-electron chi connectivity index (χ0n) is 16.1. The van der Waals surface area contributed by atoms with Crippen molar-refractivity contribution in [2.75, 3.05) is 17.1 Å². The van der Waals surface area contributed by atoms with E-state index >= 15 is 0 Å². The van der Waals surface area contributed by atoms with Crippen LogP contribution in [0.4, 0.5) is 15.8 Å². The highest BCUT2D eigenvalue weighted by Gasteiger charge is 2.19. The normalized spacial score (nSPS) is 10.9. The van der Waals surface area contributed by atoms with Gasteiger partial charge in [0.05, 0.1) is 33.8 Å². The first-order chi connectivity index (χ1) is 14.7. The lowest BCUT2D eigenvalue weighted by Crippen LogP contribution is -2.16. The van der Waals surface area contributed by atoms with Crippen LogP contribution in [0.1, 0.15) is 20.7 Å². The number of ether oxygens (including phenoxy) is 1. The zero-order valence-corrected chi connectivity index (χ0v) is 17.6. The second-order valence-corrected chi connectivity index (χ2v) is 8.34. The fourth-order valence-electron chi connectivity index (χ4n) is 2.61. The fraction of sp³-hybridized carbons (Fsp3) is 0.0476. The number of carbonyl (C=O) groups is 2. The van der Waals surface area contributed by atoms with E-state index in [0.29, 0.717) is 0 Å². The molecule has 160 valence electrons. The Morgan fingerprint density at radius 2 is 1.68 bits per heavy atom. The Morgan fingerprint density at radius 3 is 2.29 bits per heavy atom. The van der Waals surface area contributed by atoms with Crippen molar-refractivity contribution in [3.05, 3.63) is 88.7 Å². The van der Waals surface area contributed by atoms with E-state index in [4.69, 9.17) is 11.6 Å². The van der Waals surface area contributed by atoms with Crippen LogP contribution in [0, 0.1) is 5.82 Å². The standard InChI is InChI=1S/C21H16ClFN2O5S/c1-30-21(27)13-6-8-14(9-7-13)25-31(28,29)15-10-11-19(18(23)12-15)24-20(26)16-4-2-3-5-17(16)22/h2-12,25H,1H3,(H,24,26). The summed E-state index contributed by atoms with van der Waals surface area (Å²) in [6.07, 6.45) is 0. The number of hydrogen-bond acceptors (Lipinski definition) is 5. The number of methoxy groups -OCH3 is 1. The highest BCUT2D eigenvalue weighted by molar-refractivity contribution is 7.92. The highest BCUT2D eigenvalue weighted by atomic mass is 35.5. The summed E-state index contributed by atoms with van der Waals surface area (Å²) in [7, 11) is -2.89. The van der Waals surface area contributed by atoms with Gasteiger partial charge in [0.25, 0.3) is 15.9 Å². The van der Waals surface area contributed by atoms with Crippen molar-refractivity contribution in [2.24, 2.45) is 0 Å². The SMILES string of the molecule is COC(=O)c1ccc(NS(=O)(=O)c2ccc(NC(=O)c3ccccc3Cl)c(F)c2)cc1. The lowest BCUT2D eigenvalue weighted by atomic mass is 10.2. The number of benzene rings is 3. The van der Waals surface area contributed by atoms with E-state index in [1.807, 2.05) is 0 Å². The third-order valence-electron chi connectivity index (χ3n) is 4.18. The zero-order chi connectivity index (χ0) is 22.6. The lowest BCUT2D eigenvalue weighted by Gasteiger charge is -2.11. The summed E-state index contributed by atoms with van der Waals surface area (Å²) < 4.78 is 46.5. The Hall–Kier alpha value is -3.43. The van der Waals surface area contributed by atoms with Gasteiger partial charge in [0, 0.05) is 5.69 Å². The molecule has 3 rings (SSSR count). The van der Waals surface area contributed by atoms with Gasteiger partial charge in [-0.15, -0.1) is 0 Å². The molecule has 31 heavy (non-hydrogen) atoms. The Balaban J connectivity index is 1.77. The van der Waals surface area contributed by atoms with Gasteiger partial charge in [0.1, 0.15) is 5.82 Å². The summed E-state index contributed by atoms with van der Waals surface area (Å²) in [5.41, 5.74) is 0.364. The second kappa shape index (κ2) is 9.15. The van der Waals surface area contributed by atoms with E-state index in [2.05, 4.69) is 14.8 Å². The molecule has 0 unspecified atom stereocenters.